The number of fused-ring (bicyclic) bond motifs is 1. The minimum absolute atomic E-state index is 0.689. The van der Waals surface area contributed by atoms with Crippen LogP contribution in [0, 0.1) is 6.92 Å². The van der Waals surface area contributed by atoms with E-state index in [2.05, 4.69) is 38.8 Å². The van der Waals surface area contributed by atoms with E-state index in [1.54, 1.807) is 0 Å². The van der Waals surface area contributed by atoms with Crippen LogP contribution < -0.4 is 5.32 Å². The van der Waals surface area contributed by atoms with Crippen molar-refractivity contribution in [2.45, 2.75) is 39.8 Å². The van der Waals surface area contributed by atoms with Crippen LogP contribution in [0.15, 0.2) is 52.1 Å². The Labute approximate surface area is 160 Å². The Morgan fingerprint density at radius 1 is 1.30 bits per heavy atom. The summed E-state index contributed by atoms with van der Waals surface area (Å²) in [6.45, 7) is 7.46. The molecule has 3 rings (SSSR count). The first-order valence-corrected chi connectivity index (χ1v) is 9.62. The first-order chi connectivity index (χ1) is 13.2. The average molecular weight is 367 g/mol. The summed E-state index contributed by atoms with van der Waals surface area (Å²) >= 11 is 0. The van der Waals surface area contributed by atoms with Gasteiger partial charge in [-0.05, 0) is 38.8 Å². The summed E-state index contributed by atoms with van der Waals surface area (Å²) in [6.07, 6.45) is 6.02. The van der Waals surface area contributed by atoms with Crippen LogP contribution in [0.25, 0.3) is 11.0 Å². The highest BCUT2D eigenvalue weighted by molar-refractivity contribution is 5.80. The monoisotopic (exact) mass is 367 g/mol. The second-order valence-electron chi connectivity index (χ2n) is 6.72. The zero-order valence-electron chi connectivity index (χ0n) is 16.5. The molecule has 6 heteroatoms. The zero-order valence-corrected chi connectivity index (χ0v) is 16.5. The summed E-state index contributed by atoms with van der Waals surface area (Å²) in [5, 5.41) is 4.51. The van der Waals surface area contributed by atoms with Crippen molar-refractivity contribution < 1.29 is 4.42 Å². The Kier molecular flexibility index (Phi) is 6.52. The van der Waals surface area contributed by atoms with Crippen molar-refractivity contribution in [1.82, 2.24) is 19.8 Å². The number of benzene rings is 1. The standard InChI is InChI=1S/C21H29N5O/c1-4-22-21(24-11-7-8-13-26-14-12-23-17(26)2)25(3)16-19-15-18-9-5-6-10-20(18)27-19/h5-6,9-10,12,14-15H,4,7-8,11,13,16H2,1-3H3,(H,22,24). The van der Waals surface area contributed by atoms with Crippen molar-refractivity contribution in [3.63, 3.8) is 0 Å². The molecule has 0 atom stereocenters. The number of nitrogens with zero attached hydrogens (tertiary/aromatic N) is 4. The molecule has 1 N–H and O–H groups in total. The topological polar surface area (TPSA) is 58.6 Å². The minimum atomic E-state index is 0.689. The van der Waals surface area contributed by atoms with Gasteiger partial charge < -0.3 is 19.2 Å². The first kappa shape index (κ1) is 19.0. The van der Waals surface area contributed by atoms with E-state index in [0.717, 1.165) is 61.0 Å². The lowest BCUT2D eigenvalue weighted by molar-refractivity contribution is 0.412. The molecule has 2 aromatic heterocycles. The molecule has 0 unspecified atom stereocenters. The summed E-state index contributed by atoms with van der Waals surface area (Å²) < 4.78 is 8.11. The van der Waals surface area contributed by atoms with Gasteiger partial charge >= 0.3 is 0 Å². The van der Waals surface area contributed by atoms with Gasteiger partial charge in [0.2, 0.25) is 0 Å². The van der Waals surface area contributed by atoms with E-state index in [0.29, 0.717) is 6.54 Å². The molecule has 2 heterocycles. The number of para-hydroxylation sites is 1. The van der Waals surface area contributed by atoms with E-state index in [-0.39, 0.29) is 0 Å². The van der Waals surface area contributed by atoms with Gasteiger partial charge in [0.15, 0.2) is 5.96 Å². The molecular weight excluding hydrogens is 338 g/mol. The van der Waals surface area contributed by atoms with Gasteiger partial charge in [-0.25, -0.2) is 4.98 Å². The number of rotatable bonds is 8. The number of guanidine groups is 1. The first-order valence-electron chi connectivity index (χ1n) is 9.62. The van der Waals surface area contributed by atoms with Gasteiger partial charge in [-0.15, -0.1) is 0 Å². The molecule has 0 radical (unpaired) electrons. The number of furan rings is 1. The highest BCUT2D eigenvalue weighted by atomic mass is 16.3. The second kappa shape index (κ2) is 9.26. The van der Waals surface area contributed by atoms with Crippen LogP contribution in [0.1, 0.15) is 31.4 Å². The van der Waals surface area contributed by atoms with Crippen molar-refractivity contribution in [1.29, 1.82) is 0 Å². The number of aliphatic imine (C=N–C) groups is 1. The molecule has 0 bridgehead atoms. The van der Waals surface area contributed by atoms with E-state index in [9.17, 15) is 0 Å². The highest BCUT2D eigenvalue weighted by Crippen LogP contribution is 2.19. The molecule has 0 aliphatic rings. The molecule has 144 valence electrons. The summed E-state index contributed by atoms with van der Waals surface area (Å²) in [4.78, 5) is 11.1. The zero-order chi connectivity index (χ0) is 19.1. The fourth-order valence-corrected chi connectivity index (χ4v) is 3.11. The van der Waals surface area contributed by atoms with Crippen molar-refractivity contribution in [3.05, 3.63) is 54.3 Å². The molecule has 0 saturated heterocycles. The predicted molar refractivity (Wildman–Crippen MR) is 110 cm³/mol. The van der Waals surface area contributed by atoms with E-state index in [1.807, 2.05) is 44.6 Å². The third kappa shape index (κ3) is 5.12. The average Bonchev–Trinajstić information content (AvgIpc) is 3.25. The lowest BCUT2D eigenvalue weighted by Gasteiger charge is -2.21. The van der Waals surface area contributed by atoms with Gasteiger partial charge in [0.25, 0.3) is 0 Å². The largest absolute Gasteiger partial charge is 0.459 e. The second-order valence-corrected chi connectivity index (χ2v) is 6.72. The van der Waals surface area contributed by atoms with Gasteiger partial charge in [0.1, 0.15) is 17.2 Å². The van der Waals surface area contributed by atoms with E-state index in [4.69, 9.17) is 9.41 Å². The number of hydrogen-bond donors (Lipinski definition) is 1. The van der Waals surface area contributed by atoms with Crippen LogP contribution >= 0.6 is 0 Å². The van der Waals surface area contributed by atoms with Crippen LogP contribution in [-0.2, 0) is 13.1 Å². The number of unbranched alkanes of at least 4 members (excludes halogenated alkanes) is 1. The molecule has 0 aliphatic carbocycles. The Morgan fingerprint density at radius 3 is 2.89 bits per heavy atom. The molecule has 0 aliphatic heterocycles. The van der Waals surface area contributed by atoms with E-state index in [1.165, 1.54) is 0 Å². The molecule has 0 fully saturated rings. The Bertz CT molecular complexity index is 846. The van der Waals surface area contributed by atoms with Crippen molar-refractivity contribution in [2.75, 3.05) is 20.1 Å². The van der Waals surface area contributed by atoms with Gasteiger partial charge in [-0.2, -0.15) is 0 Å². The van der Waals surface area contributed by atoms with Gasteiger partial charge in [0, 0.05) is 44.5 Å². The quantitative estimate of drug-likeness (QED) is 0.374. The molecular formula is C21H29N5O. The van der Waals surface area contributed by atoms with Crippen LogP contribution in [0.5, 0.6) is 0 Å². The van der Waals surface area contributed by atoms with Gasteiger partial charge in [0.05, 0.1) is 6.54 Å². The van der Waals surface area contributed by atoms with Crippen molar-refractivity contribution in [3.8, 4) is 0 Å². The predicted octanol–water partition coefficient (Wildman–Crippen LogP) is 3.82. The summed E-state index contributed by atoms with van der Waals surface area (Å²) in [5.74, 6) is 2.93. The number of aryl methyl sites for hydroxylation is 2. The van der Waals surface area contributed by atoms with E-state index < -0.39 is 0 Å². The molecule has 0 saturated carbocycles. The third-order valence-corrected chi connectivity index (χ3v) is 4.56. The normalized spacial score (nSPS) is 11.9. The molecule has 0 amide bonds. The smallest absolute Gasteiger partial charge is 0.194 e. The Hall–Kier alpha value is -2.76. The lowest BCUT2D eigenvalue weighted by Crippen LogP contribution is -2.38. The molecule has 3 aromatic rings. The van der Waals surface area contributed by atoms with Gasteiger partial charge in [-0.3, -0.25) is 4.99 Å². The lowest BCUT2D eigenvalue weighted by atomic mass is 10.2. The maximum Gasteiger partial charge on any atom is 0.194 e. The number of hydrogen-bond acceptors (Lipinski definition) is 3. The van der Waals surface area contributed by atoms with Crippen LogP contribution in [0.3, 0.4) is 0 Å². The highest BCUT2D eigenvalue weighted by Gasteiger charge is 2.10. The Morgan fingerprint density at radius 2 is 2.15 bits per heavy atom. The molecule has 1 aromatic carbocycles. The fourth-order valence-electron chi connectivity index (χ4n) is 3.11. The number of aromatic nitrogens is 2. The minimum Gasteiger partial charge on any atom is -0.459 e. The van der Waals surface area contributed by atoms with Crippen LogP contribution in [0.2, 0.25) is 0 Å². The summed E-state index contributed by atoms with van der Waals surface area (Å²) in [6, 6.07) is 10.2. The maximum atomic E-state index is 5.93. The van der Waals surface area contributed by atoms with Crippen LogP contribution in [0.4, 0.5) is 0 Å². The SMILES string of the molecule is CCNC(=NCCCCn1ccnc1C)N(C)Cc1cc2ccccc2o1. The number of nitrogens with one attached hydrogen (secondary N) is 1. The fraction of sp³-hybridized carbons (Fsp3) is 0.429. The third-order valence-electron chi connectivity index (χ3n) is 4.56. The van der Waals surface area contributed by atoms with E-state index >= 15 is 0 Å². The summed E-state index contributed by atoms with van der Waals surface area (Å²) in [5.41, 5.74) is 0.928. The molecule has 27 heavy (non-hydrogen) atoms. The Balaban J connectivity index is 1.53. The van der Waals surface area contributed by atoms with Crippen LogP contribution in [-0.4, -0.2) is 40.5 Å². The van der Waals surface area contributed by atoms with Gasteiger partial charge in [-0.1, -0.05) is 18.2 Å². The summed E-state index contributed by atoms with van der Waals surface area (Å²) in [7, 11) is 2.05. The number of imidazole rings is 1. The van der Waals surface area contributed by atoms with Crippen molar-refractivity contribution in [2.24, 2.45) is 4.99 Å². The molecule has 6 nitrogen and oxygen atoms in total. The molecule has 0 spiro atoms. The maximum absolute atomic E-state index is 5.93. The van der Waals surface area contributed by atoms with Crippen molar-refractivity contribution >= 4 is 16.9 Å².